The Bertz CT molecular complexity index is 1220. The van der Waals surface area contributed by atoms with Crippen LogP contribution in [0.25, 0.3) is 0 Å². The molecule has 2 atom stereocenters. The van der Waals surface area contributed by atoms with E-state index in [0.29, 0.717) is 19.6 Å². The summed E-state index contributed by atoms with van der Waals surface area (Å²) in [4.78, 5) is 13.7. The van der Waals surface area contributed by atoms with Crippen LogP contribution in [-0.4, -0.2) is 53.0 Å². The minimum absolute atomic E-state index is 0.0742. The Hall–Kier alpha value is -0.736. The summed E-state index contributed by atoms with van der Waals surface area (Å²) in [7, 11) is -4.16. The summed E-state index contributed by atoms with van der Waals surface area (Å²) in [5.41, 5.74) is 0. The van der Waals surface area contributed by atoms with E-state index in [1.807, 2.05) is 0 Å². The fourth-order valence-corrected chi connectivity index (χ4v) is 11.5. The van der Waals surface area contributed by atoms with Crippen LogP contribution in [0.1, 0.15) is 318 Å². The van der Waals surface area contributed by atoms with Crippen LogP contribution >= 0.6 is 0 Å². The maximum atomic E-state index is 13.7. The number of aliphatic hydroxyl groups is 1. The van der Waals surface area contributed by atoms with E-state index in [0.717, 1.165) is 25.7 Å². The van der Waals surface area contributed by atoms with E-state index in [-0.39, 0.29) is 28.1 Å². The van der Waals surface area contributed by atoms with E-state index in [2.05, 4.69) is 104 Å². The van der Waals surface area contributed by atoms with Crippen LogP contribution in [0.2, 0.25) is 36.3 Å². The second-order valence-electron chi connectivity index (χ2n) is 25.4. The molecule has 0 aromatic rings. The molecule has 0 aliphatic heterocycles. The van der Waals surface area contributed by atoms with Gasteiger partial charge in [0.1, 0.15) is 0 Å². The molecule has 0 aliphatic rings. The molecule has 1 amide bonds. The van der Waals surface area contributed by atoms with Crippen molar-refractivity contribution in [3.05, 3.63) is 24.3 Å². The third-order valence-electron chi connectivity index (χ3n) is 16.4. The molecule has 0 unspecified atom stereocenters. The average molecular weight is 1030 g/mol. The van der Waals surface area contributed by atoms with E-state index in [1.54, 1.807) is 0 Å². The van der Waals surface area contributed by atoms with E-state index in [9.17, 15) is 4.79 Å². The molecular formula is C64H129NO4Si2. The second kappa shape index (κ2) is 46.6. The Morgan fingerprint density at radius 1 is 0.451 bits per heavy atom. The standard InChI is InChI=1S/C64H129NO4Si2/c1-12-13-14-15-16-17-18-38-41-44-47-50-53-56-61(69-71(10,11)64(5,6)7)60(59-68-70(8,9)63(2,3)4)65-62(67)57-54-51-48-45-42-39-36-34-32-30-28-26-24-22-20-19-21-23-25-27-29-31-33-35-37-40-43-46-49-52-55-58-66/h33,35,53,56,60-61,66H,12-32,34,36-52,54-55,57-59H2,1-11H3,(H,65,67)/b35-33+,56-53+/t60-,61+/m0/s1. The van der Waals surface area contributed by atoms with Crippen LogP contribution in [0, 0.1) is 0 Å². The van der Waals surface area contributed by atoms with E-state index >= 15 is 0 Å². The quantitative estimate of drug-likeness (QED) is 0.0362. The lowest BCUT2D eigenvalue weighted by Crippen LogP contribution is -2.54. The Kier molecular flexibility index (Phi) is 46.1. The van der Waals surface area contributed by atoms with Gasteiger partial charge in [-0.05, 0) is 87.6 Å². The number of aliphatic hydroxyl groups excluding tert-OH is 1. The number of hydrogen-bond donors (Lipinski definition) is 2. The van der Waals surface area contributed by atoms with Gasteiger partial charge in [-0.2, -0.15) is 0 Å². The van der Waals surface area contributed by atoms with Crippen molar-refractivity contribution in [3.8, 4) is 0 Å². The van der Waals surface area contributed by atoms with Crippen LogP contribution in [-0.2, 0) is 13.6 Å². The molecule has 0 saturated heterocycles. The number of hydrogen-bond acceptors (Lipinski definition) is 4. The van der Waals surface area contributed by atoms with E-state index < -0.39 is 16.6 Å². The summed E-state index contributed by atoms with van der Waals surface area (Å²) in [5.74, 6) is 0.150. The highest BCUT2D eigenvalue weighted by Gasteiger charge is 2.42. The van der Waals surface area contributed by atoms with Crippen LogP contribution < -0.4 is 5.32 Å². The van der Waals surface area contributed by atoms with Crippen molar-refractivity contribution in [3.63, 3.8) is 0 Å². The highest BCUT2D eigenvalue weighted by atomic mass is 28.4. The molecular weight excluding hydrogens is 903 g/mol. The van der Waals surface area contributed by atoms with Crippen molar-refractivity contribution in [1.29, 1.82) is 0 Å². The lowest BCUT2D eigenvalue weighted by atomic mass is 10.0. The minimum atomic E-state index is -2.13. The van der Waals surface area contributed by atoms with Gasteiger partial charge in [0.05, 0.1) is 18.8 Å². The van der Waals surface area contributed by atoms with Gasteiger partial charge in [-0.15, -0.1) is 0 Å². The molecule has 7 heteroatoms. The number of rotatable bonds is 52. The average Bonchev–Trinajstić information content (AvgIpc) is 3.31. The minimum Gasteiger partial charge on any atom is -0.415 e. The number of amides is 1. The largest absolute Gasteiger partial charge is 0.415 e. The molecule has 0 aliphatic carbocycles. The Morgan fingerprint density at radius 2 is 0.761 bits per heavy atom. The van der Waals surface area contributed by atoms with E-state index in [4.69, 9.17) is 14.0 Å². The van der Waals surface area contributed by atoms with Crippen molar-refractivity contribution in [2.45, 2.75) is 367 Å². The van der Waals surface area contributed by atoms with Gasteiger partial charge in [-0.25, -0.2) is 0 Å². The molecule has 0 bridgehead atoms. The zero-order chi connectivity index (χ0) is 52.8. The van der Waals surface area contributed by atoms with Crippen LogP contribution in [0.15, 0.2) is 24.3 Å². The summed E-state index contributed by atoms with van der Waals surface area (Å²) in [6, 6.07) is -0.196. The number of allylic oxidation sites excluding steroid dienone is 3. The predicted octanol–water partition coefficient (Wildman–Crippen LogP) is 21.4. The van der Waals surface area contributed by atoms with Crippen molar-refractivity contribution in [2.75, 3.05) is 13.2 Å². The highest BCUT2D eigenvalue weighted by Crippen LogP contribution is 2.39. The molecule has 0 radical (unpaired) electrons. The zero-order valence-electron chi connectivity index (χ0n) is 50.2. The molecule has 422 valence electrons. The molecule has 0 saturated carbocycles. The summed E-state index contributed by atoms with van der Waals surface area (Å²) in [6.07, 6.45) is 64.4. The normalized spacial score (nSPS) is 13.8. The fourth-order valence-electron chi connectivity index (χ4n) is 9.16. The first-order chi connectivity index (χ1) is 34.0. The summed E-state index contributed by atoms with van der Waals surface area (Å²) < 4.78 is 14.0. The number of unbranched alkanes of at least 4 members (excludes halogenated alkanes) is 38. The predicted molar refractivity (Wildman–Crippen MR) is 322 cm³/mol. The monoisotopic (exact) mass is 1030 g/mol. The zero-order valence-corrected chi connectivity index (χ0v) is 52.2. The second-order valence-corrected chi connectivity index (χ2v) is 35.0. The van der Waals surface area contributed by atoms with Gasteiger partial charge in [-0.1, -0.05) is 285 Å². The molecule has 0 fully saturated rings. The Morgan fingerprint density at radius 3 is 1.10 bits per heavy atom. The van der Waals surface area contributed by atoms with Gasteiger partial charge in [0.2, 0.25) is 5.91 Å². The van der Waals surface area contributed by atoms with Crippen molar-refractivity contribution >= 4 is 22.5 Å². The highest BCUT2D eigenvalue weighted by molar-refractivity contribution is 6.74. The van der Waals surface area contributed by atoms with E-state index in [1.165, 1.54) is 238 Å². The summed E-state index contributed by atoms with van der Waals surface area (Å²) in [6.45, 7) is 26.3. The van der Waals surface area contributed by atoms with Crippen LogP contribution in [0.3, 0.4) is 0 Å². The third kappa shape index (κ3) is 43.1. The van der Waals surface area contributed by atoms with Crippen LogP contribution in [0.4, 0.5) is 0 Å². The Labute approximate surface area is 448 Å². The number of carbonyl (C=O) groups is 1. The summed E-state index contributed by atoms with van der Waals surface area (Å²) >= 11 is 0. The van der Waals surface area contributed by atoms with Crippen molar-refractivity contribution < 1.29 is 18.8 Å². The first kappa shape index (κ1) is 70.3. The van der Waals surface area contributed by atoms with Gasteiger partial charge < -0.3 is 19.3 Å². The molecule has 0 aromatic carbocycles. The molecule has 0 spiro atoms. The molecule has 0 heterocycles. The lowest BCUT2D eigenvalue weighted by molar-refractivity contribution is -0.122. The van der Waals surface area contributed by atoms with Crippen molar-refractivity contribution in [2.24, 2.45) is 0 Å². The SMILES string of the molecule is CCCCCCCCCCCCC/C=C/[C@@H](O[Si](C)(C)C(C)(C)C)[C@H](CO[Si](C)(C)C(C)(C)C)NC(=O)CCCCCCCCCCCCCCCCCCCCCCC/C=C/CCCCCCCCO. The third-order valence-corrected chi connectivity index (χ3v) is 25.4. The molecule has 0 rings (SSSR count). The number of nitrogens with one attached hydrogen (secondary N) is 1. The smallest absolute Gasteiger partial charge is 0.220 e. The Balaban J connectivity index is 4.39. The van der Waals surface area contributed by atoms with Gasteiger partial charge in [-0.3, -0.25) is 4.79 Å². The first-order valence-electron chi connectivity index (χ1n) is 31.5. The maximum absolute atomic E-state index is 13.7. The van der Waals surface area contributed by atoms with Gasteiger partial charge in [0, 0.05) is 13.0 Å². The van der Waals surface area contributed by atoms with Gasteiger partial charge in [0.15, 0.2) is 16.6 Å². The lowest BCUT2D eigenvalue weighted by Gasteiger charge is -2.42. The maximum Gasteiger partial charge on any atom is 0.220 e. The van der Waals surface area contributed by atoms with Crippen molar-refractivity contribution in [1.82, 2.24) is 5.32 Å². The summed E-state index contributed by atoms with van der Waals surface area (Å²) in [5, 5.41) is 12.5. The molecule has 5 nitrogen and oxygen atoms in total. The molecule has 71 heavy (non-hydrogen) atoms. The topological polar surface area (TPSA) is 67.8 Å². The van der Waals surface area contributed by atoms with Gasteiger partial charge in [0.25, 0.3) is 0 Å². The number of carbonyl (C=O) groups excluding carboxylic acids is 1. The molecule has 2 N–H and O–H groups in total. The van der Waals surface area contributed by atoms with Crippen LogP contribution in [0.5, 0.6) is 0 Å². The first-order valence-corrected chi connectivity index (χ1v) is 37.3. The molecule has 0 aromatic heterocycles. The van der Waals surface area contributed by atoms with Gasteiger partial charge >= 0.3 is 0 Å². The fraction of sp³-hybridized carbons (Fsp3) is 0.922.